The standard InChI is InChI=1S/C19H19ClN2OS/c1-12(2)11-24-19-21-16-10-14(20)8-9-15(16)18(23)22(19)17-7-5-4-6-13(17)3/h4-10,12H,11H2,1-3H3. The van der Waals surface area contributed by atoms with E-state index in [9.17, 15) is 4.79 Å². The molecule has 0 bridgehead atoms. The van der Waals surface area contributed by atoms with Crippen LogP contribution in [0.15, 0.2) is 52.4 Å². The van der Waals surface area contributed by atoms with Crippen molar-refractivity contribution in [3.05, 3.63) is 63.4 Å². The topological polar surface area (TPSA) is 34.9 Å². The highest BCUT2D eigenvalue weighted by Gasteiger charge is 2.15. The maximum atomic E-state index is 13.1. The SMILES string of the molecule is Cc1ccccc1-n1c(SCC(C)C)nc2cc(Cl)ccc2c1=O. The molecule has 3 aromatic rings. The van der Waals surface area contributed by atoms with Gasteiger partial charge in [-0.2, -0.15) is 0 Å². The normalized spacial score (nSPS) is 11.4. The van der Waals surface area contributed by atoms with Crippen LogP contribution in [-0.4, -0.2) is 15.3 Å². The molecular formula is C19H19ClN2OS. The summed E-state index contributed by atoms with van der Waals surface area (Å²) in [5, 5.41) is 1.87. The van der Waals surface area contributed by atoms with Crippen molar-refractivity contribution < 1.29 is 0 Å². The highest BCUT2D eigenvalue weighted by Crippen LogP contribution is 2.25. The van der Waals surface area contributed by atoms with Gasteiger partial charge in [0.25, 0.3) is 5.56 Å². The van der Waals surface area contributed by atoms with E-state index in [1.54, 1.807) is 34.5 Å². The molecular weight excluding hydrogens is 340 g/mol. The molecule has 0 unspecified atom stereocenters. The zero-order chi connectivity index (χ0) is 17.3. The number of aryl methyl sites for hydroxylation is 1. The number of thioether (sulfide) groups is 1. The summed E-state index contributed by atoms with van der Waals surface area (Å²) >= 11 is 7.68. The molecule has 0 radical (unpaired) electrons. The van der Waals surface area contributed by atoms with Gasteiger partial charge in [0.05, 0.1) is 16.6 Å². The van der Waals surface area contributed by atoms with E-state index in [2.05, 4.69) is 13.8 Å². The largest absolute Gasteiger partial charge is 0.268 e. The van der Waals surface area contributed by atoms with Crippen molar-refractivity contribution in [3.63, 3.8) is 0 Å². The van der Waals surface area contributed by atoms with Gasteiger partial charge in [-0.05, 0) is 42.7 Å². The van der Waals surface area contributed by atoms with Crippen molar-refractivity contribution >= 4 is 34.3 Å². The Labute approximate surface area is 150 Å². The number of hydrogen-bond donors (Lipinski definition) is 0. The summed E-state index contributed by atoms with van der Waals surface area (Å²) in [6, 6.07) is 13.1. The van der Waals surface area contributed by atoms with E-state index in [1.165, 1.54) is 0 Å². The van der Waals surface area contributed by atoms with Gasteiger partial charge in [0.15, 0.2) is 5.16 Å². The number of aromatic nitrogens is 2. The van der Waals surface area contributed by atoms with Crippen molar-refractivity contribution in [2.75, 3.05) is 5.75 Å². The summed E-state index contributed by atoms with van der Waals surface area (Å²) in [6.07, 6.45) is 0. The molecule has 0 saturated carbocycles. The first kappa shape index (κ1) is 17.1. The molecule has 0 fully saturated rings. The number of para-hydroxylation sites is 1. The summed E-state index contributed by atoms with van der Waals surface area (Å²) in [7, 11) is 0. The van der Waals surface area contributed by atoms with Crippen LogP contribution in [0.2, 0.25) is 5.02 Å². The lowest BCUT2D eigenvalue weighted by Gasteiger charge is -2.15. The van der Waals surface area contributed by atoms with Crippen molar-refractivity contribution in [1.82, 2.24) is 9.55 Å². The van der Waals surface area contributed by atoms with Crippen LogP contribution in [0.3, 0.4) is 0 Å². The molecule has 5 heteroatoms. The zero-order valence-electron chi connectivity index (χ0n) is 13.9. The summed E-state index contributed by atoms with van der Waals surface area (Å²) < 4.78 is 1.72. The summed E-state index contributed by atoms with van der Waals surface area (Å²) in [4.78, 5) is 17.9. The first-order chi connectivity index (χ1) is 11.5. The second-order valence-corrected chi connectivity index (χ2v) is 7.61. The second kappa shape index (κ2) is 6.99. The van der Waals surface area contributed by atoms with Crippen LogP contribution in [-0.2, 0) is 0 Å². The fourth-order valence-corrected chi connectivity index (χ4v) is 3.63. The van der Waals surface area contributed by atoms with Crippen LogP contribution >= 0.6 is 23.4 Å². The predicted octanol–water partition coefficient (Wildman–Crippen LogP) is 5.10. The number of rotatable bonds is 4. The van der Waals surface area contributed by atoms with Gasteiger partial charge in [-0.15, -0.1) is 0 Å². The molecule has 0 amide bonds. The molecule has 2 aromatic carbocycles. The average molecular weight is 359 g/mol. The molecule has 0 aliphatic heterocycles. The highest BCUT2D eigenvalue weighted by molar-refractivity contribution is 7.99. The van der Waals surface area contributed by atoms with Gasteiger partial charge in [-0.3, -0.25) is 9.36 Å². The Kier molecular flexibility index (Phi) is 4.97. The lowest BCUT2D eigenvalue weighted by molar-refractivity contribution is 0.742. The van der Waals surface area contributed by atoms with Gasteiger partial charge in [0.2, 0.25) is 0 Å². The minimum atomic E-state index is -0.0581. The Balaban J connectivity index is 2.30. The molecule has 3 nitrogen and oxygen atoms in total. The van der Waals surface area contributed by atoms with Crippen molar-refractivity contribution in [1.29, 1.82) is 0 Å². The molecule has 0 aliphatic carbocycles. The van der Waals surface area contributed by atoms with E-state index >= 15 is 0 Å². The molecule has 1 aromatic heterocycles. The van der Waals surface area contributed by atoms with Crippen molar-refractivity contribution in [3.8, 4) is 5.69 Å². The molecule has 1 heterocycles. The van der Waals surface area contributed by atoms with E-state index in [4.69, 9.17) is 16.6 Å². The second-order valence-electron chi connectivity index (χ2n) is 6.19. The van der Waals surface area contributed by atoms with E-state index in [-0.39, 0.29) is 5.56 Å². The van der Waals surface area contributed by atoms with Crippen LogP contribution in [0.4, 0.5) is 0 Å². The monoisotopic (exact) mass is 358 g/mol. The zero-order valence-corrected chi connectivity index (χ0v) is 15.5. The van der Waals surface area contributed by atoms with Crippen LogP contribution in [0.1, 0.15) is 19.4 Å². The molecule has 0 aliphatic rings. The minimum Gasteiger partial charge on any atom is -0.268 e. The third kappa shape index (κ3) is 3.35. The fourth-order valence-electron chi connectivity index (χ4n) is 2.50. The van der Waals surface area contributed by atoms with Gasteiger partial charge in [-0.1, -0.05) is 55.4 Å². The number of nitrogens with zero attached hydrogens (tertiary/aromatic N) is 2. The Morgan fingerprint density at radius 1 is 1.21 bits per heavy atom. The fraction of sp³-hybridized carbons (Fsp3) is 0.263. The number of hydrogen-bond acceptors (Lipinski definition) is 3. The highest BCUT2D eigenvalue weighted by atomic mass is 35.5. The maximum Gasteiger partial charge on any atom is 0.266 e. The van der Waals surface area contributed by atoms with Gasteiger partial charge < -0.3 is 0 Å². The van der Waals surface area contributed by atoms with Gasteiger partial charge >= 0.3 is 0 Å². The molecule has 24 heavy (non-hydrogen) atoms. The van der Waals surface area contributed by atoms with E-state index in [1.807, 2.05) is 31.2 Å². The Morgan fingerprint density at radius 3 is 2.67 bits per heavy atom. The Morgan fingerprint density at radius 2 is 1.96 bits per heavy atom. The first-order valence-electron chi connectivity index (χ1n) is 7.88. The molecule has 0 spiro atoms. The third-order valence-electron chi connectivity index (χ3n) is 3.70. The predicted molar refractivity (Wildman–Crippen MR) is 103 cm³/mol. The smallest absolute Gasteiger partial charge is 0.266 e. The van der Waals surface area contributed by atoms with Crippen molar-refractivity contribution in [2.24, 2.45) is 5.92 Å². The summed E-state index contributed by atoms with van der Waals surface area (Å²) in [5.41, 5.74) is 2.50. The molecule has 124 valence electrons. The number of fused-ring (bicyclic) bond motifs is 1. The van der Waals surface area contributed by atoms with E-state index < -0.39 is 0 Å². The molecule has 0 saturated heterocycles. The van der Waals surface area contributed by atoms with E-state index in [0.717, 1.165) is 17.0 Å². The molecule has 0 N–H and O–H groups in total. The lowest BCUT2D eigenvalue weighted by atomic mass is 10.2. The third-order valence-corrected chi connectivity index (χ3v) is 5.30. The Hall–Kier alpha value is -1.78. The first-order valence-corrected chi connectivity index (χ1v) is 9.25. The van der Waals surface area contributed by atoms with E-state index in [0.29, 0.717) is 27.0 Å². The summed E-state index contributed by atoms with van der Waals surface area (Å²) in [6.45, 7) is 6.31. The Bertz CT molecular complexity index is 950. The minimum absolute atomic E-state index is 0.0581. The quantitative estimate of drug-likeness (QED) is 0.481. The van der Waals surface area contributed by atoms with Crippen LogP contribution in [0.5, 0.6) is 0 Å². The number of benzene rings is 2. The maximum absolute atomic E-state index is 13.1. The average Bonchev–Trinajstić information content (AvgIpc) is 2.54. The van der Waals surface area contributed by atoms with Gasteiger partial charge in [0.1, 0.15) is 0 Å². The molecule has 0 atom stereocenters. The van der Waals surface area contributed by atoms with Crippen LogP contribution < -0.4 is 5.56 Å². The van der Waals surface area contributed by atoms with Gasteiger partial charge in [0, 0.05) is 10.8 Å². The van der Waals surface area contributed by atoms with Crippen molar-refractivity contribution in [2.45, 2.75) is 25.9 Å². The van der Waals surface area contributed by atoms with Crippen LogP contribution in [0, 0.1) is 12.8 Å². The summed E-state index contributed by atoms with van der Waals surface area (Å²) in [5.74, 6) is 1.40. The molecule has 3 rings (SSSR count). The van der Waals surface area contributed by atoms with Gasteiger partial charge in [-0.25, -0.2) is 4.98 Å². The van der Waals surface area contributed by atoms with Crippen LogP contribution in [0.25, 0.3) is 16.6 Å². The number of halogens is 1. The lowest BCUT2D eigenvalue weighted by Crippen LogP contribution is -2.22.